The van der Waals surface area contributed by atoms with Crippen LogP contribution in [0.5, 0.6) is 0 Å². The molecule has 8 nitrogen and oxygen atoms in total. The first kappa shape index (κ1) is 38.6. The predicted molar refractivity (Wildman–Crippen MR) is 123 cm³/mol. The monoisotopic (exact) mass is 454 g/mol. The second kappa shape index (κ2) is 34.5. The van der Waals surface area contributed by atoms with Crippen molar-refractivity contribution < 1.29 is 38.1 Å². The van der Waals surface area contributed by atoms with Gasteiger partial charge in [-0.05, 0) is 25.7 Å². The first-order chi connectivity index (χ1) is 13.6. The zero-order valence-corrected chi connectivity index (χ0v) is 21.3. The van der Waals surface area contributed by atoms with Gasteiger partial charge in [0.25, 0.3) is 0 Å². The van der Waals surface area contributed by atoms with Crippen LogP contribution >= 0.6 is 9.90 Å². The minimum atomic E-state index is -0.341. The van der Waals surface area contributed by atoms with Crippen molar-refractivity contribution in [2.75, 3.05) is 26.4 Å². The number of ether oxygens (including phenoxy) is 4. The molecule has 0 aromatic carbocycles. The minimum absolute atomic E-state index is 0. The highest BCUT2D eigenvalue weighted by Gasteiger charge is 1.89. The van der Waals surface area contributed by atoms with Crippen LogP contribution in [0, 0.1) is 0 Å². The van der Waals surface area contributed by atoms with Crippen LogP contribution in [0.3, 0.4) is 0 Å². The zero-order valence-electron chi connectivity index (χ0n) is 19.9. The van der Waals surface area contributed by atoms with Crippen LogP contribution < -0.4 is 0 Å². The summed E-state index contributed by atoms with van der Waals surface area (Å²) in [6, 6.07) is 0. The lowest BCUT2D eigenvalue weighted by Gasteiger charge is -1.94. The molecule has 0 aromatic rings. The van der Waals surface area contributed by atoms with E-state index in [0.717, 1.165) is 31.8 Å². The molecule has 1 atom stereocenters. The van der Waals surface area contributed by atoms with Crippen LogP contribution in [-0.4, -0.2) is 50.3 Å². The van der Waals surface area contributed by atoms with Gasteiger partial charge in [0.1, 0.15) is 0 Å². The third-order valence-corrected chi connectivity index (χ3v) is 2.14. The summed E-state index contributed by atoms with van der Waals surface area (Å²) < 4.78 is 18.2. The Labute approximate surface area is 185 Å². The van der Waals surface area contributed by atoms with Crippen molar-refractivity contribution in [2.45, 2.75) is 74.1 Å². The Balaban J connectivity index is -0.0000000917. The topological polar surface area (TPSA) is 105 Å². The lowest BCUT2D eigenvalue weighted by Crippen LogP contribution is -1.99. The third-order valence-electron chi connectivity index (χ3n) is 2.14. The van der Waals surface area contributed by atoms with Crippen molar-refractivity contribution in [2.24, 2.45) is 0 Å². The van der Waals surface area contributed by atoms with Gasteiger partial charge in [0.15, 0.2) is 0 Å². The molecule has 0 bridgehead atoms. The van der Waals surface area contributed by atoms with E-state index in [1.54, 1.807) is 0 Å². The number of rotatable bonds is 9. The Hall–Kier alpha value is -1.95. The van der Waals surface area contributed by atoms with E-state index in [1.807, 2.05) is 27.7 Å². The first-order valence-electron chi connectivity index (χ1n) is 9.81. The summed E-state index contributed by atoms with van der Waals surface area (Å²) in [7, 11) is 0. The van der Waals surface area contributed by atoms with E-state index >= 15 is 0 Å². The van der Waals surface area contributed by atoms with Crippen molar-refractivity contribution in [3.05, 3.63) is 12.7 Å². The summed E-state index contributed by atoms with van der Waals surface area (Å²) in [6.07, 6.45) is 4.73. The molecule has 1 unspecified atom stereocenters. The second-order valence-electron chi connectivity index (χ2n) is 5.39. The van der Waals surface area contributed by atoms with Gasteiger partial charge in [-0.3, -0.25) is 14.4 Å². The van der Waals surface area contributed by atoms with Gasteiger partial charge < -0.3 is 18.9 Å². The summed E-state index contributed by atoms with van der Waals surface area (Å²) >= 11 is 0. The molecule has 0 aromatic heterocycles. The predicted octanol–water partition coefficient (Wildman–Crippen LogP) is 4.06. The van der Waals surface area contributed by atoms with E-state index in [-0.39, 0.29) is 33.8 Å². The van der Waals surface area contributed by atoms with Crippen LogP contribution in [0.1, 0.15) is 74.1 Å². The van der Waals surface area contributed by atoms with Crippen LogP contribution in [0.15, 0.2) is 12.7 Å². The van der Waals surface area contributed by atoms with Crippen molar-refractivity contribution >= 4 is 33.8 Å². The van der Waals surface area contributed by atoms with Crippen molar-refractivity contribution in [3.63, 3.8) is 0 Å². The average molecular weight is 455 g/mol. The molecule has 0 rings (SSSR count). The lowest BCUT2D eigenvalue weighted by atomic mass is 10.5. The molecule has 0 N–H and O–H groups in total. The SMILES string of the molecule is C=CC(=O)OCCC.CCCOC(C)=O.CCCOC(C)=O.CCCOC(C)=O.P. The maximum absolute atomic E-state index is 10.2. The van der Waals surface area contributed by atoms with Crippen LogP contribution in [0.2, 0.25) is 0 Å². The Morgan fingerprint density at radius 1 is 0.600 bits per heavy atom. The average Bonchev–Trinajstić information content (AvgIpc) is 2.68. The summed E-state index contributed by atoms with van der Waals surface area (Å²) in [5.41, 5.74) is 0. The molecule has 0 saturated heterocycles. The van der Waals surface area contributed by atoms with Crippen LogP contribution in [0.4, 0.5) is 0 Å². The molecule has 9 heteroatoms. The maximum atomic E-state index is 10.2. The summed E-state index contributed by atoms with van der Waals surface area (Å²) in [5, 5.41) is 0. The van der Waals surface area contributed by atoms with Crippen molar-refractivity contribution in [1.82, 2.24) is 0 Å². The molecule has 0 aliphatic heterocycles. The first-order valence-corrected chi connectivity index (χ1v) is 9.81. The highest BCUT2D eigenvalue weighted by atomic mass is 31.0. The van der Waals surface area contributed by atoms with Gasteiger partial charge in [0, 0.05) is 26.8 Å². The van der Waals surface area contributed by atoms with Gasteiger partial charge >= 0.3 is 23.9 Å². The molecule has 0 heterocycles. The van der Waals surface area contributed by atoms with E-state index < -0.39 is 0 Å². The van der Waals surface area contributed by atoms with E-state index in [0.29, 0.717) is 26.4 Å². The second-order valence-corrected chi connectivity index (χ2v) is 5.39. The summed E-state index contributed by atoms with van der Waals surface area (Å²) in [4.78, 5) is 40.2. The molecular weight excluding hydrogens is 411 g/mol. The molecular formula is C21H43O8P. The number of carbonyl (C=O) groups excluding carboxylic acids is 4. The number of carbonyl (C=O) groups is 4. The quantitative estimate of drug-likeness (QED) is 0.222. The van der Waals surface area contributed by atoms with E-state index in [4.69, 9.17) is 0 Å². The summed E-state index contributed by atoms with van der Waals surface area (Å²) in [6.45, 7) is 17.4. The molecule has 0 aliphatic carbocycles. The van der Waals surface area contributed by atoms with Gasteiger partial charge in [0.2, 0.25) is 0 Å². The van der Waals surface area contributed by atoms with Gasteiger partial charge in [-0.25, -0.2) is 4.79 Å². The Morgan fingerprint density at radius 3 is 0.967 bits per heavy atom. The third kappa shape index (κ3) is 63.5. The number of esters is 4. The minimum Gasteiger partial charge on any atom is -0.466 e. The molecule has 0 spiro atoms. The number of hydrogen-bond donors (Lipinski definition) is 0. The fourth-order valence-corrected chi connectivity index (χ4v) is 0.999. The molecule has 0 amide bonds. The Kier molecular flexibility index (Phi) is 44.5. The highest BCUT2D eigenvalue weighted by molar-refractivity contribution is 6.92. The number of hydrogen-bond acceptors (Lipinski definition) is 8. The van der Waals surface area contributed by atoms with Gasteiger partial charge in [0.05, 0.1) is 26.4 Å². The molecule has 0 radical (unpaired) electrons. The maximum Gasteiger partial charge on any atom is 0.330 e. The van der Waals surface area contributed by atoms with E-state index in [1.165, 1.54) is 20.8 Å². The molecule has 30 heavy (non-hydrogen) atoms. The highest BCUT2D eigenvalue weighted by Crippen LogP contribution is 1.81. The normalized spacial score (nSPS) is 7.97. The van der Waals surface area contributed by atoms with E-state index in [9.17, 15) is 19.2 Å². The van der Waals surface area contributed by atoms with Gasteiger partial charge in [-0.2, -0.15) is 9.90 Å². The molecule has 0 saturated carbocycles. The molecule has 0 fully saturated rings. The van der Waals surface area contributed by atoms with Gasteiger partial charge in [-0.15, -0.1) is 0 Å². The summed E-state index contributed by atoms with van der Waals surface area (Å²) in [5.74, 6) is -0.919. The molecule has 180 valence electrons. The van der Waals surface area contributed by atoms with Crippen molar-refractivity contribution in [3.8, 4) is 0 Å². The zero-order chi connectivity index (χ0) is 23.5. The molecule has 0 aliphatic rings. The van der Waals surface area contributed by atoms with Crippen molar-refractivity contribution in [1.29, 1.82) is 0 Å². The standard InChI is InChI=1S/C6H10O2.3C5H10O2.H3P/c1-3-5-8-6(7)4-2;3*1-3-4-7-5(2)6;/h4H,2-3,5H2,1H3;3*3-4H2,1-2H3;1H3. The smallest absolute Gasteiger partial charge is 0.330 e. The fourth-order valence-electron chi connectivity index (χ4n) is 0.999. The van der Waals surface area contributed by atoms with Gasteiger partial charge in [-0.1, -0.05) is 34.3 Å². The Bertz CT molecular complexity index is 382. The lowest BCUT2D eigenvalue weighted by molar-refractivity contribution is -0.141. The Morgan fingerprint density at radius 2 is 0.833 bits per heavy atom. The van der Waals surface area contributed by atoms with Crippen LogP contribution in [0.25, 0.3) is 0 Å². The van der Waals surface area contributed by atoms with E-state index in [2.05, 4.69) is 25.5 Å². The largest absolute Gasteiger partial charge is 0.466 e. The van der Waals surface area contributed by atoms with Crippen LogP contribution in [-0.2, 0) is 38.1 Å². The fraction of sp³-hybridized carbons (Fsp3) is 0.714.